The lowest BCUT2D eigenvalue weighted by Crippen LogP contribution is -2.21. The first kappa shape index (κ1) is 15.3. The van der Waals surface area contributed by atoms with Crippen molar-refractivity contribution in [2.45, 2.75) is 26.5 Å². The SMILES string of the molecule is CCNC(c1ccc(C)c(Br)c1)c1ccc(COC)o1. The molecule has 0 fully saturated rings. The van der Waals surface area contributed by atoms with Crippen LogP contribution in [-0.2, 0) is 11.3 Å². The summed E-state index contributed by atoms with van der Waals surface area (Å²) in [7, 11) is 1.67. The Hall–Kier alpha value is -1.10. The van der Waals surface area contributed by atoms with Crippen LogP contribution in [0.2, 0.25) is 0 Å². The van der Waals surface area contributed by atoms with Crippen molar-refractivity contribution >= 4 is 15.9 Å². The summed E-state index contributed by atoms with van der Waals surface area (Å²) in [5, 5.41) is 3.46. The number of nitrogens with one attached hydrogen (secondary N) is 1. The highest BCUT2D eigenvalue weighted by atomic mass is 79.9. The van der Waals surface area contributed by atoms with Gasteiger partial charge in [0, 0.05) is 11.6 Å². The van der Waals surface area contributed by atoms with Crippen LogP contribution in [0.4, 0.5) is 0 Å². The Morgan fingerprint density at radius 3 is 2.75 bits per heavy atom. The van der Waals surface area contributed by atoms with Crippen molar-refractivity contribution in [2.24, 2.45) is 0 Å². The van der Waals surface area contributed by atoms with E-state index in [1.165, 1.54) is 11.1 Å². The highest BCUT2D eigenvalue weighted by Crippen LogP contribution is 2.28. The molecule has 1 aromatic heterocycles. The first-order chi connectivity index (χ1) is 9.65. The van der Waals surface area contributed by atoms with E-state index >= 15 is 0 Å². The van der Waals surface area contributed by atoms with E-state index in [0.29, 0.717) is 6.61 Å². The van der Waals surface area contributed by atoms with Crippen molar-refractivity contribution in [1.82, 2.24) is 5.32 Å². The molecule has 0 aliphatic carbocycles. The standard InChI is InChI=1S/C16H20BrNO2/c1-4-18-16(12-6-5-11(2)14(17)9-12)15-8-7-13(20-15)10-19-3/h5-9,16,18H,4,10H2,1-3H3. The van der Waals surface area contributed by atoms with Crippen LogP contribution in [0.3, 0.4) is 0 Å². The molecule has 0 spiro atoms. The minimum absolute atomic E-state index is 0.0579. The maximum Gasteiger partial charge on any atom is 0.129 e. The van der Waals surface area contributed by atoms with E-state index in [-0.39, 0.29) is 6.04 Å². The zero-order valence-electron chi connectivity index (χ0n) is 12.1. The van der Waals surface area contributed by atoms with Gasteiger partial charge in [-0.25, -0.2) is 0 Å². The molecule has 0 bridgehead atoms. The second kappa shape index (κ2) is 7.07. The summed E-state index contributed by atoms with van der Waals surface area (Å²) in [5.41, 5.74) is 2.41. The van der Waals surface area contributed by atoms with E-state index in [1.807, 2.05) is 12.1 Å². The maximum absolute atomic E-state index is 5.86. The number of hydrogen-bond donors (Lipinski definition) is 1. The van der Waals surface area contributed by atoms with Gasteiger partial charge in [0.2, 0.25) is 0 Å². The van der Waals surface area contributed by atoms with Crippen LogP contribution in [0, 0.1) is 6.92 Å². The summed E-state index contributed by atoms with van der Waals surface area (Å²) in [6.45, 7) is 5.54. The molecule has 0 amide bonds. The number of furan rings is 1. The highest BCUT2D eigenvalue weighted by Gasteiger charge is 2.17. The van der Waals surface area contributed by atoms with E-state index < -0.39 is 0 Å². The van der Waals surface area contributed by atoms with Crippen molar-refractivity contribution in [2.75, 3.05) is 13.7 Å². The molecule has 2 rings (SSSR count). The van der Waals surface area contributed by atoms with Gasteiger partial charge in [0.1, 0.15) is 18.1 Å². The molecule has 2 aromatic rings. The van der Waals surface area contributed by atoms with Crippen molar-refractivity contribution in [1.29, 1.82) is 0 Å². The van der Waals surface area contributed by atoms with Crippen molar-refractivity contribution in [3.63, 3.8) is 0 Å². The Morgan fingerprint density at radius 1 is 1.30 bits per heavy atom. The molecule has 0 saturated carbocycles. The number of aryl methyl sites for hydroxylation is 1. The third-order valence-corrected chi connectivity index (χ3v) is 4.05. The molecule has 20 heavy (non-hydrogen) atoms. The van der Waals surface area contributed by atoms with Gasteiger partial charge in [0.15, 0.2) is 0 Å². The van der Waals surface area contributed by atoms with Gasteiger partial charge in [-0.1, -0.05) is 35.0 Å². The fraction of sp³-hybridized carbons (Fsp3) is 0.375. The summed E-state index contributed by atoms with van der Waals surface area (Å²) in [5.74, 6) is 1.76. The summed E-state index contributed by atoms with van der Waals surface area (Å²) < 4.78 is 12.1. The lowest BCUT2D eigenvalue weighted by Gasteiger charge is -2.17. The Bertz CT molecular complexity index is 565. The summed E-state index contributed by atoms with van der Waals surface area (Å²) >= 11 is 3.59. The van der Waals surface area contributed by atoms with Crippen molar-refractivity contribution < 1.29 is 9.15 Å². The molecular weight excluding hydrogens is 318 g/mol. The molecule has 4 heteroatoms. The molecule has 0 saturated heterocycles. The number of rotatable bonds is 6. The predicted molar refractivity (Wildman–Crippen MR) is 83.8 cm³/mol. The third-order valence-electron chi connectivity index (χ3n) is 3.19. The topological polar surface area (TPSA) is 34.4 Å². The summed E-state index contributed by atoms with van der Waals surface area (Å²) in [4.78, 5) is 0. The Balaban J connectivity index is 2.31. The molecule has 0 aliphatic heterocycles. The average molecular weight is 338 g/mol. The molecule has 1 atom stereocenters. The quantitative estimate of drug-likeness (QED) is 0.857. The average Bonchev–Trinajstić information content (AvgIpc) is 2.88. The van der Waals surface area contributed by atoms with Gasteiger partial charge in [0.05, 0.1) is 6.04 Å². The molecular formula is C16H20BrNO2. The maximum atomic E-state index is 5.86. The predicted octanol–water partition coefficient (Wildman–Crippen LogP) is 4.20. The first-order valence-corrected chi connectivity index (χ1v) is 7.52. The summed E-state index contributed by atoms with van der Waals surface area (Å²) in [6.07, 6.45) is 0. The van der Waals surface area contributed by atoms with Gasteiger partial charge >= 0.3 is 0 Å². The number of methoxy groups -OCH3 is 1. The lowest BCUT2D eigenvalue weighted by molar-refractivity contribution is 0.162. The molecule has 3 nitrogen and oxygen atoms in total. The number of benzene rings is 1. The molecule has 1 aromatic carbocycles. The van der Waals surface area contributed by atoms with Crippen LogP contribution in [-0.4, -0.2) is 13.7 Å². The first-order valence-electron chi connectivity index (χ1n) is 6.72. The number of halogens is 1. The zero-order chi connectivity index (χ0) is 14.5. The van der Waals surface area contributed by atoms with E-state index in [1.54, 1.807) is 7.11 Å². The van der Waals surface area contributed by atoms with Crippen LogP contribution < -0.4 is 5.32 Å². The third kappa shape index (κ3) is 3.51. The Labute approximate surface area is 128 Å². The fourth-order valence-corrected chi connectivity index (χ4v) is 2.54. The van der Waals surface area contributed by atoms with Gasteiger partial charge < -0.3 is 14.5 Å². The van der Waals surface area contributed by atoms with E-state index in [2.05, 4.69) is 53.3 Å². The van der Waals surface area contributed by atoms with Crippen LogP contribution in [0.1, 0.15) is 35.6 Å². The highest BCUT2D eigenvalue weighted by molar-refractivity contribution is 9.10. The smallest absolute Gasteiger partial charge is 0.129 e. The minimum Gasteiger partial charge on any atom is -0.462 e. The largest absolute Gasteiger partial charge is 0.462 e. The van der Waals surface area contributed by atoms with Gasteiger partial charge in [-0.05, 0) is 42.8 Å². The van der Waals surface area contributed by atoms with Crippen LogP contribution >= 0.6 is 15.9 Å². The zero-order valence-corrected chi connectivity index (χ0v) is 13.7. The van der Waals surface area contributed by atoms with Crippen LogP contribution in [0.5, 0.6) is 0 Å². The van der Waals surface area contributed by atoms with Gasteiger partial charge in [-0.15, -0.1) is 0 Å². The van der Waals surface area contributed by atoms with Gasteiger partial charge in [-0.2, -0.15) is 0 Å². The Kier molecular flexibility index (Phi) is 5.40. The van der Waals surface area contributed by atoms with Crippen molar-refractivity contribution in [3.05, 3.63) is 57.5 Å². The second-order valence-corrected chi connectivity index (χ2v) is 5.59. The minimum atomic E-state index is 0.0579. The van der Waals surface area contributed by atoms with E-state index in [4.69, 9.17) is 9.15 Å². The normalized spacial score (nSPS) is 12.6. The van der Waals surface area contributed by atoms with E-state index in [9.17, 15) is 0 Å². The molecule has 1 heterocycles. The molecule has 108 valence electrons. The summed E-state index contributed by atoms with van der Waals surface area (Å²) in [6, 6.07) is 10.4. The fourth-order valence-electron chi connectivity index (χ4n) is 2.14. The van der Waals surface area contributed by atoms with Crippen molar-refractivity contribution in [3.8, 4) is 0 Å². The second-order valence-electron chi connectivity index (χ2n) is 4.74. The molecule has 0 aliphatic rings. The van der Waals surface area contributed by atoms with E-state index in [0.717, 1.165) is 22.5 Å². The van der Waals surface area contributed by atoms with Crippen LogP contribution in [0.25, 0.3) is 0 Å². The lowest BCUT2D eigenvalue weighted by atomic mass is 10.0. The molecule has 0 radical (unpaired) electrons. The van der Waals surface area contributed by atoms with Gasteiger partial charge in [-0.3, -0.25) is 0 Å². The van der Waals surface area contributed by atoms with Gasteiger partial charge in [0.25, 0.3) is 0 Å². The number of ether oxygens (including phenoxy) is 1. The Morgan fingerprint density at radius 2 is 2.10 bits per heavy atom. The molecule has 1 unspecified atom stereocenters. The number of hydrogen-bond acceptors (Lipinski definition) is 3. The molecule has 1 N–H and O–H groups in total. The van der Waals surface area contributed by atoms with Crippen LogP contribution in [0.15, 0.2) is 39.2 Å². The monoisotopic (exact) mass is 337 g/mol.